The van der Waals surface area contributed by atoms with Gasteiger partial charge in [-0.25, -0.2) is 4.79 Å². The van der Waals surface area contributed by atoms with Gasteiger partial charge in [0.2, 0.25) is 94.5 Å². The van der Waals surface area contributed by atoms with Crippen LogP contribution in [0.3, 0.4) is 0 Å². The standard InChI is InChI=1S/C73H118N16O20/c1-23-73(22,66(108)89-36-43(92)33-48(89)56(98)82-67(10,11)60(102)76-40(8)59(101)109-44-27-25-24-26-28-44)84-53(95)45(29-30-49(74)93)79-55(97)47-32-42(91)35-88(47)65(107)72(20,21)87-63(105)69(14,15)81-54(96)46(31-37(2)3)78-50(94)34-75-57(99)51(38(4)5)80-61(103)68(12,13)85-64(106)71(18,19)86-62(104)70(16,17)83-58(100)52(39(6)7)77-41(9)90/h24-28,37-40,42-43,45-48,51-52,91-92H,23,29-36H2,1-22H3,(H2,74,93)(H,75,99)(H,76,102)(H,77,90)(H,78,94)(H,79,97)(H,80,103)(H,81,96)(H,82,98)(H,83,100)(H,84,95)(H,85,106)(H,86,104)(H,87,105)/t40-,42+,43+,45-,46-,47-,48-,51-,52-,73-/m0/s1. The third-order valence-corrected chi connectivity index (χ3v) is 18.5. The summed E-state index contributed by atoms with van der Waals surface area (Å²) in [4.78, 5) is 234. The monoisotopic (exact) mass is 1540 g/mol. The third kappa shape index (κ3) is 26.7. The molecule has 0 aromatic heterocycles. The van der Waals surface area contributed by atoms with Crippen LogP contribution in [0.25, 0.3) is 0 Å². The largest absolute Gasteiger partial charge is 0.425 e. The van der Waals surface area contributed by atoms with Crippen LogP contribution in [-0.2, 0) is 81.5 Å². The summed E-state index contributed by atoms with van der Waals surface area (Å²) in [7, 11) is 0. The van der Waals surface area contributed by atoms with Crippen molar-refractivity contribution < 1.29 is 96.5 Å². The third-order valence-electron chi connectivity index (χ3n) is 18.5. The zero-order valence-corrected chi connectivity index (χ0v) is 66.9. The number of aliphatic hydroxyl groups is 2. The summed E-state index contributed by atoms with van der Waals surface area (Å²) in [6.07, 6.45) is -4.26. The van der Waals surface area contributed by atoms with E-state index in [1.54, 1.807) is 71.9 Å². The molecule has 36 nitrogen and oxygen atoms in total. The first-order chi connectivity index (χ1) is 49.8. The molecule has 1 aromatic carbocycles. The fraction of sp³-hybridized carbons (Fsp3) is 0.685. The van der Waals surface area contributed by atoms with E-state index in [1.165, 1.54) is 111 Å². The predicted octanol–water partition coefficient (Wildman–Crippen LogP) is -2.63. The molecule has 610 valence electrons. The number of hydrogen-bond acceptors (Lipinski definition) is 20. The Morgan fingerprint density at radius 1 is 0.495 bits per heavy atom. The van der Waals surface area contributed by atoms with Gasteiger partial charge in [-0.3, -0.25) is 76.7 Å². The first-order valence-electron chi connectivity index (χ1n) is 36.4. The highest BCUT2D eigenvalue weighted by Crippen LogP contribution is 2.28. The van der Waals surface area contributed by atoms with Crippen LogP contribution in [0.4, 0.5) is 0 Å². The number of rotatable bonds is 37. The molecule has 0 spiro atoms. The lowest BCUT2D eigenvalue weighted by atomic mass is 9.94. The topological polar surface area (TPSA) is 529 Å². The highest BCUT2D eigenvalue weighted by Gasteiger charge is 2.51. The highest BCUT2D eigenvalue weighted by atomic mass is 16.5. The Bertz CT molecular complexity index is 3580. The second-order valence-corrected chi connectivity index (χ2v) is 32.6. The number of nitrogens with zero attached hydrogens (tertiary/aromatic N) is 2. The number of amides is 16. The van der Waals surface area contributed by atoms with Crippen molar-refractivity contribution in [3.8, 4) is 5.75 Å². The van der Waals surface area contributed by atoms with Crippen molar-refractivity contribution in [2.75, 3.05) is 19.6 Å². The number of para-hydroxylation sites is 1. The normalized spacial score (nSPS) is 18.2. The van der Waals surface area contributed by atoms with Crippen molar-refractivity contribution in [3.05, 3.63) is 30.3 Å². The number of β-amino-alcohol motifs (C(OH)–C–C–N with tert-alkyl or cyclic N) is 2. The van der Waals surface area contributed by atoms with E-state index in [1.807, 2.05) is 0 Å². The van der Waals surface area contributed by atoms with Crippen LogP contribution >= 0.6 is 0 Å². The summed E-state index contributed by atoms with van der Waals surface area (Å²) < 4.78 is 5.31. The van der Waals surface area contributed by atoms with Gasteiger partial charge >= 0.3 is 5.97 Å². The molecule has 0 bridgehead atoms. The molecule has 0 aliphatic carbocycles. The van der Waals surface area contributed by atoms with Crippen molar-refractivity contribution in [1.29, 1.82) is 0 Å². The number of primary amides is 1. The first-order valence-corrected chi connectivity index (χ1v) is 36.4. The molecule has 16 amide bonds. The smallest absolute Gasteiger partial charge is 0.333 e. The summed E-state index contributed by atoms with van der Waals surface area (Å²) in [5.41, 5.74) is -6.84. The van der Waals surface area contributed by atoms with E-state index in [0.29, 0.717) is 0 Å². The Hall–Kier alpha value is -9.87. The summed E-state index contributed by atoms with van der Waals surface area (Å²) in [5.74, 6) is -15.1. The van der Waals surface area contributed by atoms with E-state index < -0.39 is 226 Å². The number of likely N-dealkylation sites (tertiary alicyclic amines) is 2. The van der Waals surface area contributed by atoms with Gasteiger partial charge in [-0.05, 0) is 146 Å². The maximum absolute atomic E-state index is 14.6. The number of esters is 1. The fourth-order valence-electron chi connectivity index (χ4n) is 11.5. The molecule has 2 aliphatic rings. The molecule has 36 heteroatoms. The number of benzene rings is 1. The van der Waals surface area contributed by atoms with E-state index in [9.17, 15) is 91.7 Å². The molecule has 0 unspecified atom stereocenters. The van der Waals surface area contributed by atoms with Crippen LogP contribution in [0.15, 0.2) is 30.3 Å². The Morgan fingerprint density at radius 2 is 0.927 bits per heavy atom. The molecule has 109 heavy (non-hydrogen) atoms. The Morgan fingerprint density at radius 3 is 1.40 bits per heavy atom. The minimum Gasteiger partial charge on any atom is -0.425 e. The van der Waals surface area contributed by atoms with Crippen molar-refractivity contribution >= 4 is 100 Å². The van der Waals surface area contributed by atoms with Crippen molar-refractivity contribution in [3.63, 3.8) is 0 Å². The van der Waals surface area contributed by atoms with Gasteiger partial charge < -0.3 is 99.6 Å². The second-order valence-electron chi connectivity index (χ2n) is 32.6. The SMILES string of the molecule is CC[C@](C)(NC(=O)[C@H](CCC(N)=O)NC(=O)[C@@H]1C[C@@H](O)CN1C(=O)C(C)(C)NC(=O)C(C)(C)NC(=O)[C@H](CC(C)C)NC(=O)CNC(=O)[C@@H](NC(=O)C(C)(C)NC(=O)C(C)(C)NC(=O)C(C)(C)NC(=O)[C@@H](NC(C)=O)C(C)C)C(C)C)C(=O)N1C[C@H](O)C[C@H]1C(=O)NC(C)(C)C(=O)N[C@@H](C)C(=O)Oc1ccccc1. The Kier molecular flexibility index (Phi) is 32.5. The van der Waals surface area contributed by atoms with Crippen molar-refractivity contribution in [1.82, 2.24) is 78.9 Å². The van der Waals surface area contributed by atoms with Crippen LogP contribution < -0.4 is 79.6 Å². The number of aliphatic hydroxyl groups excluding tert-OH is 2. The molecule has 2 heterocycles. The molecular weight excluding hydrogens is 1420 g/mol. The molecule has 2 aliphatic heterocycles. The number of ether oxygens (including phenoxy) is 1. The van der Waals surface area contributed by atoms with E-state index in [4.69, 9.17) is 10.5 Å². The van der Waals surface area contributed by atoms with Gasteiger partial charge in [0.25, 0.3) is 0 Å². The molecule has 3 rings (SSSR count). The van der Waals surface area contributed by atoms with Gasteiger partial charge in [-0.2, -0.15) is 0 Å². The van der Waals surface area contributed by atoms with Crippen molar-refractivity contribution in [2.24, 2.45) is 23.5 Å². The summed E-state index contributed by atoms with van der Waals surface area (Å²) in [6, 6.07) is -1.18. The van der Waals surface area contributed by atoms with E-state index in [-0.39, 0.29) is 49.8 Å². The predicted molar refractivity (Wildman–Crippen MR) is 396 cm³/mol. The molecule has 0 radical (unpaired) electrons. The van der Waals surface area contributed by atoms with E-state index >= 15 is 0 Å². The summed E-state index contributed by atoms with van der Waals surface area (Å²) in [6.45, 7) is 30.2. The second kappa shape index (κ2) is 38.0. The minimum absolute atomic E-state index is 0.0147. The van der Waals surface area contributed by atoms with Crippen LogP contribution in [0.1, 0.15) is 191 Å². The van der Waals surface area contributed by atoms with Gasteiger partial charge in [-0.15, -0.1) is 0 Å². The lowest BCUT2D eigenvalue weighted by molar-refractivity contribution is -0.147. The zero-order valence-electron chi connectivity index (χ0n) is 66.9. The molecule has 1 aromatic rings. The highest BCUT2D eigenvalue weighted by molar-refractivity contribution is 6.03. The van der Waals surface area contributed by atoms with E-state index in [2.05, 4.69) is 69.1 Å². The van der Waals surface area contributed by atoms with Crippen LogP contribution in [0.2, 0.25) is 0 Å². The van der Waals surface area contributed by atoms with Crippen LogP contribution in [-0.4, -0.2) is 233 Å². The van der Waals surface area contributed by atoms with Crippen LogP contribution in [0, 0.1) is 17.8 Å². The van der Waals surface area contributed by atoms with Gasteiger partial charge in [0.15, 0.2) is 0 Å². The van der Waals surface area contributed by atoms with Gasteiger partial charge in [0.05, 0.1) is 18.8 Å². The Balaban J connectivity index is 1.71. The molecular formula is C73H118N16O20. The van der Waals surface area contributed by atoms with E-state index in [0.717, 1.165) is 9.80 Å². The zero-order chi connectivity index (χ0) is 83.8. The lowest BCUT2D eigenvalue weighted by Gasteiger charge is -2.37. The number of carbonyl (C=O) groups is 17. The van der Waals surface area contributed by atoms with Gasteiger partial charge in [-0.1, -0.05) is 66.7 Å². The summed E-state index contributed by atoms with van der Waals surface area (Å²) >= 11 is 0. The molecule has 10 atom stereocenters. The average Bonchev–Trinajstić information content (AvgIpc) is 1.75. The first kappa shape index (κ1) is 93.3. The van der Waals surface area contributed by atoms with Crippen LogP contribution in [0.5, 0.6) is 5.75 Å². The molecule has 0 saturated carbocycles. The maximum atomic E-state index is 14.6. The molecule has 17 N–H and O–H groups in total. The maximum Gasteiger partial charge on any atom is 0.333 e. The number of nitrogens with two attached hydrogens (primary N) is 1. The number of nitrogens with one attached hydrogen (secondary N) is 13. The molecule has 2 saturated heterocycles. The average molecular weight is 1540 g/mol. The van der Waals surface area contributed by atoms with Crippen molar-refractivity contribution in [2.45, 2.75) is 284 Å². The van der Waals surface area contributed by atoms with Gasteiger partial charge in [0.1, 0.15) is 86.8 Å². The number of carbonyl (C=O) groups excluding carboxylic acids is 17. The Labute approximate surface area is 636 Å². The lowest BCUT2D eigenvalue weighted by Crippen LogP contribution is -2.67. The summed E-state index contributed by atoms with van der Waals surface area (Å²) in [5, 5.41) is 55.2. The van der Waals surface area contributed by atoms with Gasteiger partial charge in [0, 0.05) is 39.3 Å². The fourth-order valence-corrected chi connectivity index (χ4v) is 11.5. The molecule has 2 fully saturated rings. The minimum atomic E-state index is -1.91. The number of hydrogen-bond donors (Lipinski definition) is 16. The quantitative estimate of drug-likeness (QED) is 0.0239.